The standard InChI is InChI=1S/C27H27F3N4O/c1-18-6-5-13-34-24(17-32-26(18)34)23(20-9-11-22(12-10-20)33(2)3)15-25(35)31-16-19-7-4-8-21(14-19)27(28,29)30/h4-14,17,23H,15-16H2,1-3H3,(H,31,35). The Morgan fingerprint density at radius 1 is 1.09 bits per heavy atom. The molecule has 4 rings (SSSR count). The van der Waals surface area contributed by atoms with Gasteiger partial charge in [-0.1, -0.05) is 30.3 Å². The molecule has 0 spiro atoms. The van der Waals surface area contributed by atoms with E-state index in [-0.39, 0.29) is 24.8 Å². The van der Waals surface area contributed by atoms with Crippen LogP contribution in [0.4, 0.5) is 18.9 Å². The summed E-state index contributed by atoms with van der Waals surface area (Å²) in [4.78, 5) is 19.5. The summed E-state index contributed by atoms with van der Waals surface area (Å²) in [5, 5.41) is 2.78. The van der Waals surface area contributed by atoms with Gasteiger partial charge in [0, 0.05) is 51.1 Å². The number of amides is 1. The van der Waals surface area contributed by atoms with E-state index in [9.17, 15) is 18.0 Å². The SMILES string of the molecule is Cc1cccn2c(C(CC(=O)NCc3cccc(C(F)(F)F)c3)c3ccc(N(C)C)cc3)cnc12. The first-order valence-electron chi connectivity index (χ1n) is 11.3. The Balaban J connectivity index is 1.59. The summed E-state index contributed by atoms with van der Waals surface area (Å²) in [6.45, 7) is 2.00. The highest BCUT2D eigenvalue weighted by atomic mass is 19.4. The summed E-state index contributed by atoms with van der Waals surface area (Å²) in [5.74, 6) is -0.545. The molecular weight excluding hydrogens is 453 g/mol. The average molecular weight is 481 g/mol. The van der Waals surface area contributed by atoms with Crippen molar-refractivity contribution in [3.63, 3.8) is 0 Å². The molecule has 0 fully saturated rings. The lowest BCUT2D eigenvalue weighted by atomic mass is 9.92. The van der Waals surface area contributed by atoms with Gasteiger partial charge < -0.3 is 14.6 Å². The number of nitrogens with zero attached hydrogens (tertiary/aromatic N) is 3. The van der Waals surface area contributed by atoms with Gasteiger partial charge in [-0.05, 0) is 53.9 Å². The van der Waals surface area contributed by atoms with E-state index in [4.69, 9.17) is 0 Å². The number of hydrogen-bond donors (Lipinski definition) is 1. The first kappa shape index (κ1) is 24.3. The van der Waals surface area contributed by atoms with Gasteiger partial charge in [-0.3, -0.25) is 4.79 Å². The molecule has 8 heteroatoms. The van der Waals surface area contributed by atoms with Crippen LogP contribution < -0.4 is 10.2 Å². The van der Waals surface area contributed by atoms with Gasteiger partial charge in [0.05, 0.1) is 11.3 Å². The van der Waals surface area contributed by atoms with Gasteiger partial charge in [0.25, 0.3) is 0 Å². The number of carbonyl (C=O) groups excluding carboxylic acids is 1. The molecule has 0 bridgehead atoms. The molecule has 1 unspecified atom stereocenters. The van der Waals surface area contributed by atoms with Gasteiger partial charge in [0.1, 0.15) is 5.65 Å². The Kier molecular flexibility index (Phi) is 6.82. The molecule has 4 aromatic rings. The minimum absolute atomic E-state index is 0.0152. The molecule has 1 atom stereocenters. The quantitative estimate of drug-likeness (QED) is 0.377. The number of anilines is 1. The number of benzene rings is 2. The highest BCUT2D eigenvalue weighted by molar-refractivity contribution is 5.77. The van der Waals surface area contributed by atoms with Crippen molar-refractivity contribution in [2.24, 2.45) is 0 Å². The predicted octanol–water partition coefficient (Wildman–Crippen LogP) is 5.57. The first-order valence-corrected chi connectivity index (χ1v) is 11.3. The fraction of sp³-hybridized carbons (Fsp3) is 0.259. The fourth-order valence-corrected chi connectivity index (χ4v) is 4.14. The Bertz CT molecular complexity index is 1330. The van der Waals surface area contributed by atoms with Crippen molar-refractivity contribution in [1.29, 1.82) is 0 Å². The normalized spacial score (nSPS) is 12.5. The molecule has 0 saturated carbocycles. The highest BCUT2D eigenvalue weighted by Gasteiger charge is 2.30. The van der Waals surface area contributed by atoms with Gasteiger partial charge in [-0.2, -0.15) is 13.2 Å². The second-order valence-corrected chi connectivity index (χ2v) is 8.79. The number of alkyl halides is 3. The second kappa shape index (κ2) is 9.82. The van der Waals surface area contributed by atoms with E-state index in [1.54, 1.807) is 12.3 Å². The molecule has 2 aromatic heterocycles. The molecular formula is C27H27F3N4O. The van der Waals surface area contributed by atoms with Gasteiger partial charge in [-0.15, -0.1) is 0 Å². The van der Waals surface area contributed by atoms with E-state index >= 15 is 0 Å². The van der Waals surface area contributed by atoms with Crippen molar-refractivity contribution < 1.29 is 18.0 Å². The first-order chi connectivity index (χ1) is 16.6. The maximum atomic E-state index is 13.0. The van der Waals surface area contributed by atoms with Crippen LogP contribution in [-0.2, 0) is 17.5 Å². The van der Waals surface area contributed by atoms with Crippen LogP contribution in [-0.4, -0.2) is 29.4 Å². The summed E-state index contributed by atoms with van der Waals surface area (Å²) in [6.07, 6.45) is -0.591. The van der Waals surface area contributed by atoms with Crippen molar-refractivity contribution in [3.05, 3.63) is 101 Å². The molecule has 1 amide bonds. The molecule has 2 heterocycles. The minimum Gasteiger partial charge on any atom is -0.378 e. The van der Waals surface area contributed by atoms with Gasteiger partial charge in [0.15, 0.2) is 0 Å². The Labute approximate surface area is 202 Å². The van der Waals surface area contributed by atoms with Crippen molar-refractivity contribution in [2.45, 2.75) is 32.0 Å². The van der Waals surface area contributed by atoms with Crippen molar-refractivity contribution >= 4 is 17.2 Å². The number of hydrogen-bond acceptors (Lipinski definition) is 3. The topological polar surface area (TPSA) is 49.6 Å². The summed E-state index contributed by atoms with van der Waals surface area (Å²) in [6, 6.07) is 16.9. The zero-order valence-electron chi connectivity index (χ0n) is 19.8. The van der Waals surface area contributed by atoms with Crippen LogP contribution in [0, 0.1) is 6.92 Å². The lowest BCUT2D eigenvalue weighted by Gasteiger charge is -2.19. The molecule has 0 aliphatic rings. The molecule has 35 heavy (non-hydrogen) atoms. The zero-order chi connectivity index (χ0) is 25.2. The second-order valence-electron chi connectivity index (χ2n) is 8.79. The van der Waals surface area contributed by atoms with E-state index in [0.717, 1.165) is 40.3 Å². The summed E-state index contributed by atoms with van der Waals surface area (Å²) < 4.78 is 41.0. The van der Waals surface area contributed by atoms with Crippen LogP contribution in [0.5, 0.6) is 0 Å². The Morgan fingerprint density at radius 2 is 1.83 bits per heavy atom. The molecule has 0 aliphatic carbocycles. The average Bonchev–Trinajstić information content (AvgIpc) is 3.26. The Morgan fingerprint density at radius 3 is 2.51 bits per heavy atom. The molecule has 0 radical (unpaired) electrons. The number of aryl methyl sites for hydroxylation is 1. The van der Waals surface area contributed by atoms with Crippen LogP contribution in [0.15, 0.2) is 73.1 Å². The third-order valence-corrected chi connectivity index (χ3v) is 6.06. The summed E-state index contributed by atoms with van der Waals surface area (Å²) >= 11 is 0. The van der Waals surface area contributed by atoms with Gasteiger partial charge >= 0.3 is 6.18 Å². The van der Waals surface area contributed by atoms with Crippen LogP contribution >= 0.6 is 0 Å². The monoisotopic (exact) mass is 480 g/mol. The third kappa shape index (κ3) is 5.48. The van der Waals surface area contributed by atoms with Crippen LogP contribution in [0.25, 0.3) is 5.65 Å². The number of nitrogens with one attached hydrogen (secondary N) is 1. The van der Waals surface area contributed by atoms with Crippen molar-refractivity contribution in [1.82, 2.24) is 14.7 Å². The molecule has 182 valence electrons. The lowest BCUT2D eigenvalue weighted by molar-refractivity contribution is -0.137. The number of carbonyl (C=O) groups is 1. The van der Waals surface area contributed by atoms with Crippen LogP contribution in [0.2, 0.25) is 0 Å². The van der Waals surface area contributed by atoms with Crippen LogP contribution in [0.1, 0.15) is 40.3 Å². The maximum absolute atomic E-state index is 13.0. The molecule has 5 nitrogen and oxygen atoms in total. The Hall–Kier alpha value is -3.81. The number of pyridine rings is 1. The molecule has 0 saturated heterocycles. The van der Waals surface area contributed by atoms with Crippen LogP contribution in [0.3, 0.4) is 0 Å². The molecule has 1 N–H and O–H groups in total. The fourth-order valence-electron chi connectivity index (χ4n) is 4.14. The molecule has 2 aromatic carbocycles. The van der Waals surface area contributed by atoms with Gasteiger partial charge in [-0.25, -0.2) is 4.98 Å². The number of fused-ring (bicyclic) bond motifs is 1. The highest BCUT2D eigenvalue weighted by Crippen LogP contribution is 2.31. The summed E-state index contributed by atoms with van der Waals surface area (Å²) in [5.41, 5.74) is 4.37. The third-order valence-electron chi connectivity index (χ3n) is 6.06. The largest absolute Gasteiger partial charge is 0.416 e. The summed E-state index contributed by atoms with van der Waals surface area (Å²) in [7, 11) is 3.92. The maximum Gasteiger partial charge on any atom is 0.416 e. The van der Waals surface area contributed by atoms with Gasteiger partial charge in [0.2, 0.25) is 5.91 Å². The van der Waals surface area contributed by atoms with E-state index in [2.05, 4.69) is 10.3 Å². The lowest BCUT2D eigenvalue weighted by Crippen LogP contribution is -2.25. The predicted molar refractivity (Wildman–Crippen MR) is 130 cm³/mol. The smallest absolute Gasteiger partial charge is 0.378 e. The van der Waals surface area contributed by atoms with E-state index < -0.39 is 11.7 Å². The minimum atomic E-state index is -4.43. The number of halogens is 3. The number of imidazole rings is 1. The van der Waals surface area contributed by atoms with E-state index in [1.807, 2.05) is 72.9 Å². The molecule has 0 aliphatic heterocycles. The van der Waals surface area contributed by atoms with Crippen molar-refractivity contribution in [2.75, 3.05) is 19.0 Å². The van der Waals surface area contributed by atoms with E-state index in [0.29, 0.717) is 5.56 Å². The number of rotatable bonds is 7. The number of aromatic nitrogens is 2. The zero-order valence-corrected chi connectivity index (χ0v) is 19.8. The van der Waals surface area contributed by atoms with Crippen molar-refractivity contribution in [3.8, 4) is 0 Å². The van der Waals surface area contributed by atoms with E-state index in [1.165, 1.54) is 6.07 Å².